The van der Waals surface area contributed by atoms with Crippen LogP contribution in [-0.4, -0.2) is 52.0 Å². The molecule has 0 aromatic heterocycles. The molecular formula is C9H18BrNO4S. The van der Waals surface area contributed by atoms with Gasteiger partial charge in [0.2, 0.25) is 10.0 Å². The smallest absolute Gasteiger partial charge is 0.214 e. The lowest BCUT2D eigenvalue weighted by atomic mass is 10.2. The Kier molecular flexibility index (Phi) is 6.20. The minimum Gasteiger partial charge on any atom is -0.383 e. The normalized spacial score (nSPS) is 20.9. The molecule has 0 bridgehead atoms. The summed E-state index contributed by atoms with van der Waals surface area (Å²) in [4.78, 5) is 0.00659. The Hall–Kier alpha value is 0.310. The van der Waals surface area contributed by atoms with Gasteiger partial charge in [0.1, 0.15) is 0 Å². The molecule has 0 aliphatic carbocycles. The van der Waals surface area contributed by atoms with Gasteiger partial charge in [0.25, 0.3) is 0 Å². The summed E-state index contributed by atoms with van der Waals surface area (Å²) in [6, 6.07) is 0. The lowest BCUT2D eigenvalue weighted by molar-refractivity contribution is 0.0981. The summed E-state index contributed by atoms with van der Waals surface area (Å²) >= 11 is 3.34. The predicted octanol–water partition coefficient (Wildman–Crippen LogP) is 0.495. The van der Waals surface area contributed by atoms with Crippen LogP contribution >= 0.6 is 15.9 Å². The van der Waals surface area contributed by atoms with Crippen LogP contribution in [0.1, 0.15) is 12.8 Å². The van der Waals surface area contributed by atoms with Gasteiger partial charge in [0, 0.05) is 26.9 Å². The fourth-order valence-corrected chi connectivity index (χ4v) is 3.67. The Bertz CT molecular complexity index is 290. The summed E-state index contributed by atoms with van der Waals surface area (Å²) in [7, 11) is -1.63. The first-order valence-electron chi connectivity index (χ1n) is 5.25. The van der Waals surface area contributed by atoms with Crippen molar-refractivity contribution in [1.29, 1.82) is 0 Å². The molecule has 1 rings (SSSR count). The van der Waals surface area contributed by atoms with E-state index in [4.69, 9.17) is 9.47 Å². The lowest BCUT2D eigenvalue weighted by Gasteiger charge is -2.23. The van der Waals surface area contributed by atoms with Crippen molar-refractivity contribution in [3.05, 3.63) is 0 Å². The van der Waals surface area contributed by atoms with Crippen molar-refractivity contribution < 1.29 is 17.9 Å². The second kappa shape index (κ2) is 6.90. The predicted molar refractivity (Wildman–Crippen MR) is 65.4 cm³/mol. The van der Waals surface area contributed by atoms with E-state index in [-0.39, 0.29) is 10.1 Å². The zero-order valence-corrected chi connectivity index (χ0v) is 11.7. The monoisotopic (exact) mass is 315 g/mol. The van der Waals surface area contributed by atoms with E-state index in [0.29, 0.717) is 39.2 Å². The van der Waals surface area contributed by atoms with Crippen molar-refractivity contribution in [2.45, 2.75) is 22.9 Å². The molecule has 1 atom stereocenters. The maximum Gasteiger partial charge on any atom is 0.214 e. The van der Waals surface area contributed by atoms with Crippen LogP contribution in [0, 0.1) is 0 Å². The SMILES string of the molecule is COCC(Br)CNS(=O)(=O)C1CCOCC1. The van der Waals surface area contributed by atoms with Gasteiger partial charge in [-0.15, -0.1) is 0 Å². The molecule has 96 valence electrons. The van der Waals surface area contributed by atoms with Gasteiger partial charge in [0.05, 0.1) is 16.7 Å². The molecule has 1 unspecified atom stereocenters. The van der Waals surface area contributed by atoms with E-state index in [1.54, 1.807) is 7.11 Å². The lowest BCUT2D eigenvalue weighted by Crippen LogP contribution is -2.40. The van der Waals surface area contributed by atoms with Gasteiger partial charge in [-0.1, -0.05) is 15.9 Å². The van der Waals surface area contributed by atoms with Crippen LogP contribution in [-0.2, 0) is 19.5 Å². The fourth-order valence-electron chi connectivity index (χ4n) is 1.55. The van der Waals surface area contributed by atoms with E-state index in [1.807, 2.05) is 0 Å². The fraction of sp³-hybridized carbons (Fsp3) is 1.00. The number of rotatable bonds is 6. The van der Waals surface area contributed by atoms with Gasteiger partial charge in [-0.25, -0.2) is 13.1 Å². The molecule has 0 saturated carbocycles. The van der Waals surface area contributed by atoms with Gasteiger partial charge in [-0.2, -0.15) is 0 Å². The Labute approximate surface area is 105 Å². The average molecular weight is 316 g/mol. The number of hydrogen-bond donors (Lipinski definition) is 1. The molecule has 1 heterocycles. The third kappa shape index (κ3) is 4.67. The van der Waals surface area contributed by atoms with Crippen LogP contribution in [0.2, 0.25) is 0 Å². The van der Waals surface area contributed by atoms with Gasteiger partial charge in [-0.3, -0.25) is 0 Å². The first kappa shape index (κ1) is 14.4. The first-order valence-corrected chi connectivity index (χ1v) is 7.71. The average Bonchev–Trinajstić information content (AvgIpc) is 2.28. The maximum atomic E-state index is 11.9. The van der Waals surface area contributed by atoms with Crippen LogP contribution in [0.25, 0.3) is 0 Å². The van der Waals surface area contributed by atoms with Crippen LogP contribution < -0.4 is 4.72 Å². The third-order valence-electron chi connectivity index (χ3n) is 2.46. The topological polar surface area (TPSA) is 64.6 Å². The number of hydrogen-bond acceptors (Lipinski definition) is 4. The van der Waals surface area contributed by atoms with Crippen LogP contribution in [0.4, 0.5) is 0 Å². The van der Waals surface area contributed by atoms with Crippen molar-refractivity contribution in [3.8, 4) is 0 Å². The van der Waals surface area contributed by atoms with E-state index in [2.05, 4.69) is 20.7 Å². The van der Waals surface area contributed by atoms with Gasteiger partial charge in [-0.05, 0) is 12.8 Å². The highest BCUT2D eigenvalue weighted by molar-refractivity contribution is 9.09. The molecule has 1 fully saturated rings. The number of nitrogens with one attached hydrogen (secondary N) is 1. The zero-order chi connectivity index (χ0) is 12.0. The molecule has 1 N–H and O–H groups in total. The third-order valence-corrected chi connectivity index (χ3v) is 4.97. The highest BCUT2D eigenvalue weighted by Crippen LogP contribution is 2.14. The van der Waals surface area contributed by atoms with Crippen LogP contribution in [0.5, 0.6) is 0 Å². The van der Waals surface area contributed by atoms with Crippen molar-refractivity contribution in [1.82, 2.24) is 4.72 Å². The summed E-state index contributed by atoms with van der Waals surface area (Å²) in [5, 5.41) is -0.316. The second-order valence-electron chi connectivity index (χ2n) is 3.76. The molecule has 7 heteroatoms. The van der Waals surface area contributed by atoms with Crippen molar-refractivity contribution in [2.24, 2.45) is 0 Å². The first-order chi connectivity index (χ1) is 7.56. The number of sulfonamides is 1. The molecule has 0 radical (unpaired) electrons. The van der Waals surface area contributed by atoms with E-state index in [1.165, 1.54) is 0 Å². The largest absolute Gasteiger partial charge is 0.383 e. The Balaban J connectivity index is 2.38. The van der Waals surface area contributed by atoms with Gasteiger partial charge in [0.15, 0.2) is 0 Å². The summed E-state index contributed by atoms with van der Waals surface area (Å²) in [5.41, 5.74) is 0. The number of alkyl halides is 1. The van der Waals surface area contributed by atoms with E-state index in [9.17, 15) is 8.42 Å². The van der Waals surface area contributed by atoms with E-state index in [0.717, 1.165) is 0 Å². The van der Waals surface area contributed by atoms with E-state index >= 15 is 0 Å². The zero-order valence-electron chi connectivity index (χ0n) is 9.32. The minimum absolute atomic E-state index is 0.00659. The molecule has 5 nitrogen and oxygen atoms in total. The number of halogens is 1. The van der Waals surface area contributed by atoms with E-state index < -0.39 is 10.0 Å². The molecule has 0 amide bonds. The van der Waals surface area contributed by atoms with Crippen LogP contribution in [0.3, 0.4) is 0 Å². The van der Waals surface area contributed by atoms with Gasteiger partial charge >= 0.3 is 0 Å². The molecule has 16 heavy (non-hydrogen) atoms. The molecular weight excluding hydrogens is 298 g/mol. The summed E-state index contributed by atoms with van der Waals surface area (Å²) in [6.07, 6.45) is 1.15. The Morgan fingerprint density at radius 3 is 2.69 bits per heavy atom. The van der Waals surface area contributed by atoms with Crippen molar-refractivity contribution in [2.75, 3.05) is 33.5 Å². The number of methoxy groups -OCH3 is 1. The van der Waals surface area contributed by atoms with Gasteiger partial charge < -0.3 is 9.47 Å². The molecule has 0 spiro atoms. The molecule has 1 aliphatic rings. The minimum atomic E-state index is -3.21. The number of ether oxygens (including phenoxy) is 2. The Morgan fingerprint density at radius 1 is 1.50 bits per heavy atom. The maximum absolute atomic E-state index is 11.9. The highest BCUT2D eigenvalue weighted by Gasteiger charge is 2.27. The Morgan fingerprint density at radius 2 is 2.12 bits per heavy atom. The standard InChI is InChI=1S/C9H18BrNO4S/c1-14-7-8(10)6-11-16(12,13)9-2-4-15-5-3-9/h8-9,11H,2-7H2,1H3. The molecule has 0 aromatic carbocycles. The van der Waals surface area contributed by atoms with Crippen LogP contribution in [0.15, 0.2) is 0 Å². The van der Waals surface area contributed by atoms with Crippen molar-refractivity contribution >= 4 is 26.0 Å². The summed E-state index contributed by atoms with van der Waals surface area (Å²) < 4.78 is 36.4. The summed E-state index contributed by atoms with van der Waals surface area (Å²) in [6.45, 7) is 1.90. The summed E-state index contributed by atoms with van der Waals surface area (Å²) in [5.74, 6) is 0. The molecule has 1 saturated heterocycles. The quantitative estimate of drug-likeness (QED) is 0.725. The highest BCUT2D eigenvalue weighted by atomic mass is 79.9. The van der Waals surface area contributed by atoms with Crippen molar-refractivity contribution in [3.63, 3.8) is 0 Å². The second-order valence-corrected chi connectivity index (χ2v) is 7.10. The molecule has 1 aliphatic heterocycles. The molecule has 0 aromatic rings.